The molecule has 1 saturated heterocycles. The fourth-order valence-electron chi connectivity index (χ4n) is 2.65. The van der Waals surface area contributed by atoms with Crippen LogP contribution in [0.4, 0.5) is 5.69 Å². The molecule has 0 bridgehead atoms. The molecule has 1 aliphatic rings. The molecule has 1 unspecified atom stereocenters. The average molecular weight is 386 g/mol. The molecular formula is C18H18N4O6. The molecule has 0 radical (unpaired) electrons. The molecule has 1 aliphatic heterocycles. The fraction of sp³-hybridized carbons (Fsp3) is 0.278. The number of hydrogen-bond acceptors (Lipinski definition) is 7. The highest BCUT2D eigenvalue weighted by Crippen LogP contribution is 2.25. The van der Waals surface area contributed by atoms with Crippen molar-refractivity contribution in [2.24, 2.45) is 5.10 Å². The number of nitro benzene ring substituents is 1. The maximum atomic E-state index is 11.7. The van der Waals surface area contributed by atoms with Crippen molar-refractivity contribution in [1.82, 2.24) is 10.7 Å². The molecule has 2 N–H and O–H groups in total. The Morgan fingerprint density at radius 3 is 2.89 bits per heavy atom. The first-order chi connectivity index (χ1) is 13.5. The van der Waals surface area contributed by atoms with Crippen molar-refractivity contribution < 1.29 is 23.7 Å². The van der Waals surface area contributed by atoms with Gasteiger partial charge in [-0.25, -0.2) is 5.43 Å². The Morgan fingerprint density at radius 1 is 1.29 bits per heavy atom. The number of carbonyl (C=O) groups excluding carboxylic acids is 2. The Bertz CT molecular complexity index is 901. The molecule has 0 spiro atoms. The lowest BCUT2D eigenvalue weighted by atomic mass is 10.1. The van der Waals surface area contributed by atoms with E-state index in [4.69, 9.17) is 9.15 Å². The molecule has 1 aromatic heterocycles. The van der Waals surface area contributed by atoms with Gasteiger partial charge in [-0.05, 0) is 25.0 Å². The first kappa shape index (κ1) is 19.2. The van der Waals surface area contributed by atoms with Gasteiger partial charge in [-0.1, -0.05) is 12.1 Å². The summed E-state index contributed by atoms with van der Waals surface area (Å²) in [4.78, 5) is 33.7. The molecule has 0 aliphatic carbocycles. The third-order valence-corrected chi connectivity index (χ3v) is 4.05. The van der Waals surface area contributed by atoms with Gasteiger partial charge in [-0.15, -0.1) is 0 Å². The quantitative estimate of drug-likeness (QED) is 0.335. The van der Waals surface area contributed by atoms with E-state index in [1.54, 1.807) is 24.3 Å². The molecule has 10 heteroatoms. The highest BCUT2D eigenvalue weighted by atomic mass is 16.6. The Balaban J connectivity index is 1.52. The zero-order valence-corrected chi connectivity index (χ0v) is 14.8. The van der Waals surface area contributed by atoms with Gasteiger partial charge < -0.3 is 14.5 Å². The Labute approximate surface area is 159 Å². The smallest absolute Gasteiger partial charge is 0.329 e. The van der Waals surface area contributed by atoms with Crippen LogP contribution in [0.15, 0.2) is 45.9 Å². The van der Waals surface area contributed by atoms with Crippen molar-refractivity contribution in [1.29, 1.82) is 0 Å². The van der Waals surface area contributed by atoms with Crippen LogP contribution in [0.2, 0.25) is 0 Å². The standard InChI is InChI=1S/C18H18N4O6/c23-17(19-10-14-5-2-8-27-14)18(24)21-20-11-15-6-7-16(28-15)12-3-1-4-13(9-12)22(25)26/h1,3-4,6-7,9,11,14H,2,5,8,10H2,(H,19,23)(H,21,24). The first-order valence-electron chi connectivity index (χ1n) is 8.60. The largest absolute Gasteiger partial charge is 0.455 e. The molecule has 1 aromatic carbocycles. The molecule has 28 heavy (non-hydrogen) atoms. The number of non-ortho nitro benzene ring substituents is 1. The van der Waals surface area contributed by atoms with Crippen LogP contribution in [0.25, 0.3) is 11.3 Å². The van der Waals surface area contributed by atoms with Gasteiger partial charge in [0.25, 0.3) is 5.69 Å². The van der Waals surface area contributed by atoms with Crippen LogP contribution >= 0.6 is 0 Å². The number of benzene rings is 1. The minimum absolute atomic E-state index is 0.0506. The van der Waals surface area contributed by atoms with Gasteiger partial charge in [0.15, 0.2) is 0 Å². The van der Waals surface area contributed by atoms with Gasteiger partial charge in [-0.3, -0.25) is 19.7 Å². The van der Waals surface area contributed by atoms with Crippen LogP contribution in [-0.2, 0) is 14.3 Å². The maximum Gasteiger partial charge on any atom is 0.329 e. The van der Waals surface area contributed by atoms with E-state index in [0.29, 0.717) is 23.7 Å². The number of hydrogen-bond donors (Lipinski definition) is 2. The second kappa shape index (κ2) is 8.91. The maximum absolute atomic E-state index is 11.7. The lowest BCUT2D eigenvalue weighted by molar-refractivity contribution is -0.384. The van der Waals surface area contributed by atoms with E-state index in [1.807, 2.05) is 0 Å². The Hall–Kier alpha value is -3.53. The molecular weight excluding hydrogens is 368 g/mol. The van der Waals surface area contributed by atoms with Gasteiger partial charge in [0, 0.05) is 30.8 Å². The van der Waals surface area contributed by atoms with Crippen molar-refractivity contribution >= 4 is 23.7 Å². The van der Waals surface area contributed by atoms with Crippen molar-refractivity contribution in [2.75, 3.05) is 13.2 Å². The van der Waals surface area contributed by atoms with Crippen LogP contribution in [-0.4, -0.2) is 42.2 Å². The summed E-state index contributed by atoms with van der Waals surface area (Å²) in [7, 11) is 0. The molecule has 3 rings (SSSR count). The van der Waals surface area contributed by atoms with E-state index in [1.165, 1.54) is 18.3 Å². The van der Waals surface area contributed by atoms with Gasteiger partial charge in [0.1, 0.15) is 11.5 Å². The predicted molar refractivity (Wildman–Crippen MR) is 98.5 cm³/mol. The number of hydrazone groups is 1. The number of ether oxygens (including phenoxy) is 1. The average Bonchev–Trinajstić information content (AvgIpc) is 3.38. The van der Waals surface area contributed by atoms with Crippen molar-refractivity contribution in [3.63, 3.8) is 0 Å². The van der Waals surface area contributed by atoms with Crippen LogP contribution in [0, 0.1) is 10.1 Å². The number of amides is 2. The number of nitrogens with one attached hydrogen (secondary N) is 2. The molecule has 10 nitrogen and oxygen atoms in total. The highest BCUT2D eigenvalue weighted by Gasteiger charge is 2.19. The van der Waals surface area contributed by atoms with Crippen molar-refractivity contribution in [3.8, 4) is 11.3 Å². The van der Waals surface area contributed by atoms with E-state index in [2.05, 4.69) is 15.8 Å². The molecule has 2 heterocycles. The third kappa shape index (κ3) is 5.01. The van der Waals surface area contributed by atoms with Gasteiger partial charge >= 0.3 is 11.8 Å². The molecule has 2 aromatic rings. The van der Waals surface area contributed by atoms with E-state index in [9.17, 15) is 19.7 Å². The predicted octanol–water partition coefficient (Wildman–Crippen LogP) is 1.60. The van der Waals surface area contributed by atoms with Crippen LogP contribution < -0.4 is 10.7 Å². The number of carbonyl (C=O) groups is 2. The minimum atomic E-state index is -0.903. The number of rotatable bonds is 6. The van der Waals surface area contributed by atoms with Crippen molar-refractivity contribution in [3.05, 3.63) is 52.3 Å². The van der Waals surface area contributed by atoms with E-state index in [0.717, 1.165) is 12.8 Å². The summed E-state index contributed by atoms with van der Waals surface area (Å²) in [5, 5.41) is 17.0. The Kier molecular flexibility index (Phi) is 6.12. The third-order valence-electron chi connectivity index (χ3n) is 4.05. The second-order valence-electron chi connectivity index (χ2n) is 6.05. The number of nitrogens with zero attached hydrogens (tertiary/aromatic N) is 2. The van der Waals surface area contributed by atoms with Gasteiger partial charge in [-0.2, -0.15) is 5.10 Å². The monoisotopic (exact) mass is 386 g/mol. The highest BCUT2D eigenvalue weighted by molar-refractivity contribution is 6.35. The molecule has 0 saturated carbocycles. The topological polar surface area (TPSA) is 136 Å². The molecule has 1 fully saturated rings. The normalized spacial score (nSPS) is 16.2. The Morgan fingerprint density at radius 2 is 2.14 bits per heavy atom. The van der Waals surface area contributed by atoms with Gasteiger partial charge in [0.2, 0.25) is 0 Å². The van der Waals surface area contributed by atoms with Crippen molar-refractivity contribution in [2.45, 2.75) is 18.9 Å². The van der Waals surface area contributed by atoms with Gasteiger partial charge in [0.05, 0.1) is 17.2 Å². The van der Waals surface area contributed by atoms with Crippen LogP contribution in [0.3, 0.4) is 0 Å². The van der Waals surface area contributed by atoms with Crippen LogP contribution in [0.1, 0.15) is 18.6 Å². The first-order valence-corrected chi connectivity index (χ1v) is 8.60. The lowest BCUT2D eigenvalue weighted by Crippen LogP contribution is -2.41. The minimum Gasteiger partial charge on any atom is -0.455 e. The summed E-state index contributed by atoms with van der Waals surface area (Å²) in [6.07, 6.45) is 2.96. The van der Waals surface area contributed by atoms with E-state index >= 15 is 0 Å². The van der Waals surface area contributed by atoms with E-state index in [-0.39, 0.29) is 18.3 Å². The summed E-state index contributed by atoms with van der Waals surface area (Å²) in [6, 6.07) is 9.21. The second-order valence-corrected chi connectivity index (χ2v) is 6.05. The summed E-state index contributed by atoms with van der Waals surface area (Å²) in [6.45, 7) is 0.944. The zero-order chi connectivity index (χ0) is 19.9. The summed E-state index contributed by atoms with van der Waals surface area (Å²) in [5.74, 6) is -0.989. The molecule has 1 atom stereocenters. The lowest BCUT2D eigenvalue weighted by Gasteiger charge is -2.09. The summed E-state index contributed by atoms with van der Waals surface area (Å²) >= 11 is 0. The summed E-state index contributed by atoms with van der Waals surface area (Å²) < 4.78 is 10.9. The molecule has 146 valence electrons. The molecule has 2 amide bonds. The SMILES string of the molecule is O=C(NCC1CCCO1)C(=O)NN=Cc1ccc(-c2cccc([N+](=O)[O-])c2)o1. The number of furan rings is 1. The fourth-order valence-corrected chi connectivity index (χ4v) is 2.65. The van der Waals surface area contributed by atoms with Crippen LogP contribution in [0.5, 0.6) is 0 Å². The zero-order valence-electron chi connectivity index (χ0n) is 14.8. The van der Waals surface area contributed by atoms with E-state index < -0.39 is 16.7 Å². The number of nitro groups is 1. The summed E-state index contributed by atoms with van der Waals surface area (Å²) in [5.41, 5.74) is 2.59.